The van der Waals surface area contributed by atoms with Crippen molar-refractivity contribution in [2.24, 2.45) is 5.92 Å². The fourth-order valence-corrected chi connectivity index (χ4v) is 6.01. The van der Waals surface area contributed by atoms with Gasteiger partial charge in [-0.2, -0.15) is 0 Å². The Labute approximate surface area is 206 Å². The zero-order valence-electron chi connectivity index (χ0n) is 21.8. The number of likely N-dealkylation sites (tertiary alicyclic amines) is 1. The van der Waals surface area contributed by atoms with Crippen LogP contribution >= 0.6 is 0 Å². The molecule has 0 saturated carbocycles. The van der Waals surface area contributed by atoms with Crippen molar-refractivity contribution in [2.75, 3.05) is 32.8 Å². The minimum absolute atomic E-state index is 0.0587. The lowest BCUT2D eigenvalue weighted by atomic mass is 9.79. The van der Waals surface area contributed by atoms with E-state index in [1.807, 2.05) is 31.2 Å². The van der Waals surface area contributed by atoms with Gasteiger partial charge < -0.3 is 14.1 Å². The zero-order chi connectivity index (χ0) is 25.1. The predicted molar refractivity (Wildman–Crippen MR) is 138 cm³/mol. The molecule has 3 rings (SSSR count). The number of ether oxygens (including phenoxy) is 1. The summed E-state index contributed by atoms with van der Waals surface area (Å²) in [5.41, 5.74) is 1.89. The van der Waals surface area contributed by atoms with Crippen LogP contribution in [0, 0.1) is 5.92 Å². The topological polar surface area (TPSA) is 59.1 Å². The van der Waals surface area contributed by atoms with Gasteiger partial charge in [0.05, 0.1) is 31.3 Å². The molecule has 0 N–H and O–H groups in total. The van der Waals surface area contributed by atoms with Gasteiger partial charge in [-0.25, -0.2) is 0 Å². The first-order valence-electron chi connectivity index (χ1n) is 12.5. The van der Waals surface area contributed by atoms with Crippen LogP contribution in [0.2, 0.25) is 18.1 Å². The lowest BCUT2D eigenvalue weighted by Gasteiger charge is -2.51. The Morgan fingerprint density at radius 1 is 1.24 bits per heavy atom. The first kappa shape index (κ1) is 26.8. The van der Waals surface area contributed by atoms with E-state index in [0.717, 1.165) is 32.8 Å². The molecule has 1 aromatic rings. The van der Waals surface area contributed by atoms with Crippen molar-refractivity contribution < 1.29 is 18.8 Å². The smallest absolute Gasteiger partial charge is 0.230 e. The number of β-lactam (4-membered cyclic amide) rings is 1. The first-order chi connectivity index (χ1) is 15.9. The fourth-order valence-electron chi connectivity index (χ4n) is 4.58. The summed E-state index contributed by atoms with van der Waals surface area (Å²) in [6.45, 7) is 21.5. The minimum atomic E-state index is -2.03. The van der Waals surface area contributed by atoms with E-state index in [4.69, 9.17) is 9.16 Å². The number of carbonyl (C=O) groups is 2. The number of nitrogens with zero attached hydrogens (tertiary/aromatic N) is 2. The van der Waals surface area contributed by atoms with Gasteiger partial charge in [-0.1, -0.05) is 51.1 Å². The van der Waals surface area contributed by atoms with Gasteiger partial charge in [0.25, 0.3) is 0 Å². The molecule has 3 atom stereocenters. The van der Waals surface area contributed by atoms with Gasteiger partial charge in [0.2, 0.25) is 5.91 Å². The molecule has 0 radical (unpaired) electrons. The van der Waals surface area contributed by atoms with Crippen LogP contribution in [0.1, 0.15) is 50.0 Å². The summed E-state index contributed by atoms with van der Waals surface area (Å²) in [7, 11) is -2.03. The quantitative estimate of drug-likeness (QED) is 0.211. The van der Waals surface area contributed by atoms with Crippen LogP contribution in [0.5, 0.6) is 0 Å². The number of benzene rings is 1. The van der Waals surface area contributed by atoms with E-state index in [2.05, 4.69) is 45.3 Å². The van der Waals surface area contributed by atoms with E-state index < -0.39 is 8.32 Å². The van der Waals surface area contributed by atoms with Crippen LogP contribution in [-0.2, 0) is 20.5 Å². The van der Waals surface area contributed by atoms with E-state index in [1.54, 1.807) is 11.0 Å². The van der Waals surface area contributed by atoms with Crippen molar-refractivity contribution in [3.63, 3.8) is 0 Å². The summed E-state index contributed by atoms with van der Waals surface area (Å²) in [6.07, 6.45) is 1.81. The van der Waals surface area contributed by atoms with Crippen LogP contribution in [0.15, 0.2) is 36.9 Å². The molecule has 0 bridgehead atoms. The highest BCUT2D eigenvalue weighted by atomic mass is 28.4. The Kier molecular flexibility index (Phi) is 8.55. The van der Waals surface area contributed by atoms with E-state index in [-0.39, 0.29) is 34.8 Å². The molecule has 188 valence electrons. The molecule has 1 amide bonds. The molecular weight excluding hydrogens is 444 g/mol. The molecule has 2 saturated heterocycles. The highest BCUT2D eigenvalue weighted by Crippen LogP contribution is 2.41. The molecule has 1 aromatic carbocycles. The number of carbonyl (C=O) groups excluding carboxylic acids is 2. The molecule has 2 fully saturated rings. The van der Waals surface area contributed by atoms with Gasteiger partial charge in [0.1, 0.15) is 0 Å². The maximum Gasteiger partial charge on any atom is 0.230 e. The summed E-state index contributed by atoms with van der Waals surface area (Å²) < 4.78 is 12.0. The number of Topliss-reactive ketones (excluding diaryl/α,β-unsaturated/α-hetero) is 1. The Morgan fingerprint density at radius 2 is 1.85 bits per heavy atom. The lowest BCUT2D eigenvalue weighted by Crippen LogP contribution is -2.66. The Balaban J connectivity index is 1.67. The van der Waals surface area contributed by atoms with Gasteiger partial charge in [0, 0.05) is 38.2 Å². The van der Waals surface area contributed by atoms with Crippen molar-refractivity contribution in [3.05, 3.63) is 48.0 Å². The normalized spacial score (nSPS) is 22.9. The zero-order valence-corrected chi connectivity index (χ0v) is 22.8. The highest BCUT2D eigenvalue weighted by Gasteiger charge is 2.52. The second kappa shape index (κ2) is 10.9. The molecule has 7 heteroatoms. The van der Waals surface area contributed by atoms with E-state index in [1.165, 1.54) is 5.56 Å². The van der Waals surface area contributed by atoms with Crippen LogP contribution in [0.4, 0.5) is 0 Å². The maximum atomic E-state index is 13.2. The van der Waals surface area contributed by atoms with Gasteiger partial charge in [-0.15, -0.1) is 6.58 Å². The minimum Gasteiger partial charge on any atom is -0.413 e. The van der Waals surface area contributed by atoms with Crippen LogP contribution in [-0.4, -0.2) is 74.8 Å². The standard InChI is InChI=1S/C27H42N2O4Si/c1-8-13-29-23(25(26(29)31)20(2)33-34(6,7)27(3,4)5)18-24(30)22-11-9-21(10-12-22)19-28-14-16-32-17-15-28/h8-12,20,23,25H,1,13-19H2,2-7H3/t20-,23-,25-/m1/s1. The largest absolute Gasteiger partial charge is 0.413 e. The first-order valence-corrected chi connectivity index (χ1v) is 15.4. The number of hydrogen-bond donors (Lipinski definition) is 0. The summed E-state index contributed by atoms with van der Waals surface area (Å²) in [5.74, 6) is -0.169. The summed E-state index contributed by atoms with van der Waals surface area (Å²) in [6, 6.07) is 7.75. The summed E-state index contributed by atoms with van der Waals surface area (Å²) in [5, 5.41) is 0.0587. The van der Waals surface area contributed by atoms with Gasteiger partial charge >= 0.3 is 0 Å². The third-order valence-corrected chi connectivity index (χ3v) is 12.3. The Bertz CT molecular complexity index is 872. The molecule has 34 heavy (non-hydrogen) atoms. The fraction of sp³-hybridized carbons (Fsp3) is 0.630. The number of amides is 1. The van der Waals surface area contributed by atoms with E-state index >= 15 is 0 Å². The van der Waals surface area contributed by atoms with Crippen molar-refractivity contribution in [3.8, 4) is 0 Å². The summed E-state index contributed by atoms with van der Waals surface area (Å²) in [4.78, 5) is 30.3. The molecule has 0 aromatic heterocycles. The number of hydrogen-bond acceptors (Lipinski definition) is 5. The van der Waals surface area contributed by atoms with Crippen LogP contribution < -0.4 is 0 Å². The molecule has 6 nitrogen and oxygen atoms in total. The molecule has 0 spiro atoms. The van der Waals surface area contributed by atoms with Crippen molar-refractivity contribution in [1.29, 1.82) is 0 Å². The molecule has 2 aliphatic heterocycles. The molecule has 0 aliphatic carbocycles. The molecular formula is C27H42N2O4Si. The second-order valence-electron chi connectivity index (χ2n) is 11.2. The van der Waals surface area contributed by atoms with Crippen molar-refractivity contribution >= 4 is 20.0 Å². The average molecular weight is 487 g/mol. The second-order valence-corrected chi connectivity index (χ2v) is 15.9. The van der Waals surface area contributed by atoms with Crippen molar-refractivity contribution in [2.45, 2.75) is 70.9 Å². The highest BCUT2D eigenvalue weighted by molar-refractivity contribution is 6.74. The van der Waals surface area contributed by atoms with Gasteiger partial charge in [0.15, 0.2) is 14.1 Å². The van der Waals surface area contributed by atoms with Crippen LogP contribution in [0.3, 0.4) is 0 Å². The van der Waals surface area contributed by atoms with E-state index in [0.29, 0.717) is 18.5 Å². The summed E-state index contributed by atoms with van der Waals surface area (Å²) >= 11 is 0. The lowest BCUT2D eigenvalue weighted by molar-refractivity contribution is -0.161. The Hall–Kier alpha value is -1.80. The number of rotatable bonds is 10. The Morgan fingerprint density at radius 3 is 2.41 bits per heavy atom. The van der Waals surface area contributed by atoms with Gasteiger partial charge in [-0.3, -0.25) is 14.5 Å². The van der Waals surface area contributed by atoms with E-state index in [9.17, 15) is 9.59 Å². The van der Waals surface area contributed by atoms with Crippen LogP contribution in [0.25, 0.3) is 0 Å². The average Bonchev–Trinajstić information content (AvgIpc) is 2.77. The third-order valence-electron chi connectivity index (χ3n) is 7.68. The van der Waals surface area contributed by atoms with Crippen molar-refractivity contribution in [1.82, 2.24) is 9.80 Å². The van der Waals surface area contributed by atoms with Gasteiger partial charge in [-0.05, 0) is 30.6 Å². The number of ketones is 1. The molecule has 0 unspecified atom stereocenters. The monoisotopic (exact) mass is 486 g/mol. The maximum absolute atomic E-state index is 13.2. The molecule has 2 aliphatic rings. The number of morpholine rings is 1. The third kappa shape index (κ3) is 6.06. The molecule has 2 heterocycles. The SMILES string of the molecule is C=CCN1C(=O)[C@H]([C@@H](C)O[Si](C)(C)C(C)(C)C)[C@H]1CC(=O)c1ccc(CN2CCOCC2)cc1. The predicted octanol–water partition coefficient (Wildman–Crippen LogP) is 4.51.